The molecule has 1 saturated heterocycles. The highest BCUT2D eigenvalue weighted by atomic mass is 19.2. The number of pyridine rings is 2. The quantitative estimate of drug-likeness (QED) is 0.709. The third-order valence-corrected chi connectivity index (χ3v) is 4.70. The second kappa shape index (κ2) is 6.96. The maximum Gasteiger partial charge on any atom is 0.185 e. The smallest absolute Gasteiger partial charge is 0.185 e. The van der Waals surface area contributed by atoms with Crippen LogP contribution >= 0.6 is 0 Å². The first-order chi connectivity index (χ1) is 12.6. The Balaban J connectivity index is 1.54. The van der Waals surface area contributed by atoms with Crippen molar-refractivity contribution in [3.8, 4) is 0 Å². The molecule has 0 saturated carbocycles. The van der Waals surface area contributed by atoms with E-state index < -0.39 is 11.6 Å². The first-order valence-electron chi connectivity index (χ1n) is 8.62. The average molecular weight is 355 g/mol. The van der Waals surface area contributed by atoms with Gasteiger partial charge in [0, 0.05) is 42.3 Å². The Labute approximate surface area is 150 Å². The molecule has 0 N–H and O–H groups in total. The molecular weight excluding hydrogens is 336 g/mol. The molecule has 1 aliphatic heterocycles. The minimum Gasteiger partial charge on any atom is -0.372 e. The highest BCUT2D eigenvalue weighted by molar-refractivity contribution is 5.92. The van der Waals surface area contributed by atoms with Crippen LogP contribution in [0.1, 0.15) is 17.7 Å². The molecule has 0 amide bonds. The first kappa shape index (κ1) is 16.8. The predicted molar refractivity (Wildman–Crippen MR) is 96.0 cm³/mol. The zero-order valence-electron chi connectivity index (χ0n) is 14.5. The van der Waals surface area contributed by atoms with Crippen molar-refractivity contribution in [1.29, 1.82) is 0 Å². The van der Waals surface area contributed by atoms with Crippen LogP contribution in [0.5, 0.6) is 0 Å². The molecule has 0 spiro atoms. The molecule has 1 aliphatic rings. The highest BCUT2D eigenvalue weighted by Gasteiger charge is 2.25. The number of fused-ring (bicyclic) bond motifs is 1. The third kappa shape index (κ3) is 3.24. The maximum atomic E-state index is 14.1. The summed E-state index contributed by atoms with van der Waals surface area (Å²) >= 11 is 0. The number of ether oxygens (including phenoxy) is 1. The zero-order valence-corrected chi connectivity index (χ0v) is 14.5. The van der Waals surface area contributed by atoms with E-state index in [1.54, 1.807) is 25.4 Å². The summed E-state index contributed by atoms with van der Waals surface area (Å²) in [6, 6.07) is 8.55. The molecule has 0 radical (unpaired) electrons. The van der Waals surface area contributed by atoms with Gasteiger partial charge in [-0.1, -0.05) is 0 Å². The van der Waals surface area contributed by atoms with Crippen LogP contribution in [0.2, 0.25) is 0 Å². The number of hydrogen-bond acceptors (Lipinski definition) is 4. The molecule has 2 aromatic heterocycles. The predicted octanol–water partition coefficient (Wildman–Crippen LogP) is 4.01. The number of rotatable bonds is 4. The lowest BCUT2D eigenvalue weighted by Crippen LogP contribution is -2.23. The largest absolute Gasteiger partial charge is 0.372 e. The second-order valence-electron chi connectivity index (χ2n) is 6.56. The second-order valence-corrected chi connectivity index (χ2v) is 6.56. The van der Waals surface area contributed by atoms with Gasteiger partial charge in [-0.2, -0.15) is 0 Å². The molecule has 0 aliphatic carbocycles. The molecular formula is C20H19F2N3O. The van der Waals surface area contributed by atoms with Crippen molar-refractivity contribution in [3.05, 3.63) is 65.6 Å². The van der Waals surface area contributed by atoms with E-state index in [0.717, 1.165) is 30.3 Å². The molecule has 4 rings (SSSR count). The van der Waals surface area contributed by atoms with Crippen LogP contribution in [0.15, 0.2) is 42.7 Å². The van der Waals surface area contributed by atoms with Crippen LogP contribution in [-0.2, 0) is 11.3 Å². The van der Waals surface area contributed by atoms with Gasteiger partial charge in [0.05, 0.1) is 12.7 Å². The number of anilines is 1. The molecule has 3 heterocycles. The fourth-order valence-electron chi connectivity index (χ4n) is 3.38. The minimum atomic E-state index is -0.892. The Kier molecular flexibility index (Phi) is 4.51. The van der Waals surface area contributed by atoms with Crippen molar-refractivity contribution in [2.75, 3.05) is 18.0 Å². The average Bonchev–Trinajstić information content (AvgIpc) is 3.13. The minimum absolute atomic E-state index is 0.0844. The summed E-state index contributed by atoms with van der Waals surface area (Å²) in [6.07, 6.45) is 4.48. The standard InChI is InChI=1S/C20H19F2N3O/c1-13-10-18(16-2-3-17(21)19(22)20(16)24-13)25-9-6-15(11-25)26-12-14-4-7-23-8-5-14/h2-5,7-8,10,15H,6,9,11-12H2,1H3. The van der Waals surface area contributed by atoms with Crippen molar-refractivity contribution in [2.45, 2.75) is 26.1 Å². The van der Waals surface area contributed by atoms with E-state index in [9.17, 15) is 8.78 Å². The van der Waals surface area contributed by atoms with E-state index in [0.29, 0.717) is 24.2 Å². The van der Waals surface area contributed by atoms with Crippen molar-refractivity contribution in [1.82, 2.24) is 9.97 Å². The van der Waals surface area contributed by atoms with Crippen LogP contribution in [0.25, 0.3) is 10.9 Å². The monoisotopic (exact) mass is 355 g/mol. The SMILES string of the molecule is Cc1cc(N2CCC(OCc3ccncc3)C2)c2ccc(F)c(F)c2n1. The van der Waals surface area contributed by atoms with E-state index in [-0.39, 0.29) is 11.6 Å². The molecule has 4 nitrogen and oxygen atoms in total. The molecule has 6 heteroatoms. The molecule has 1 unspecified atom stereocenters. The van der Waals surface area contributed by atoms with Crippen molar-refractivity contribution >= 4 is 16.6 Å². The molecule has 1 atom stereocenters. The number of halogens is 2. The van der Waals surface area contributed by atoms with E-state index in [1.807, 2.05) is 18.2 Å². The van der Waals surface area contributed by atoms with Crippen LogP contribution < -0.4 is 4.90 Å². The molecule has 3 aromatic rings. The highest BCUT2D eigenvalue weighted by Crippen LogP contribution is 2.32. The van der Waals surface area contributed by atoms with Gasteiger partial charge in [0.25, 0.3) is 0 Å². The summed E-state index contributed by atoms with van der Waals surface area (Å²) in [5.41, 5.74) is 2.71. The Hall–Kier alpha value is -2.60. The molecule has 0 bridgehead atoms. The molecule has 26 heavy (non-hydrogen) atoms. The Morgan fingerprint density at radius 3 is 2.81 bits per heavy atom. The fourth-order valence-corrected chi connectivity index (χ4v) is 3.38. The molecule has 134 valence electrons. The van der Waals surface area contributed by atoms with Gasteiger partial charge >= 0.3 is 0 Å². The van der Waals surface area contributed by atoms with Gasteiger partial charge in [-0.05, 0) is 49.2 Å². The van der Waals surface area contributed by atoms with Gasteiger partial charge < -0.3 is 9.64 Å². The van der Waals surface area contributed by atoms with Gasteiger partial charge in [-0.25, -0.2) is 13.8 Å². The van der Waals surface area contributed by atoms with E-state index in [2.05, 4.69) is 14.9 Å². The Bertz CT molecular complexity index is 933. The maximum absolute atomic E-state index is 14.1. The van der Waals surface area contributed by atoms with Crippen molar-refractivity contribution in [3.63, 3.8) is 0 Å². The zero-order chi connectivity index (χ0) is 18.1. The van der Waals surface area contributed by atoms with Crippen molar-refractivity contribution < 1.29 is 13.5 Å². The van der Waals surface area contributed by atoms with Crippen LogP contribution in [0, 0.1) is 18.6 Å². The van der Waals surface area contributed by atoms with E-state index in [4.69, 9.17) is 4.74 Å². The Morgan fingerprint density at radius 1 is 1.19 bits per heavy atom. The van der Waals surface area contributed by atoms with Gasteiger partial charge in [-0.3, -0.25) is 4.98 Å². The number of benzene rings is 1. The molecule has 1 fully saturated rings. The summed E-state index contributed by atoms with van der Waals surface area (Å²) in [7, 11) is 0. The van der Waals surface area contributed by atoms with E-state index >= 15 is 0 Å². The van der Waals surface area contributed by atoms with Gasteiger partial charge in [0.1, 0.15) is 5.52 Å². The summed E-state index contributed by atoms with van der Waals surface area (Å²) < 4.78 is 33.7. The van der Waals surface area contributed by atoms with Gasteiger partial charge in [-0.15, -0.1) is 0 Å². The van der Waals surface area contributed by atoms with Crippen LogP contribution in [0.4, 0.5) is 14.5 Å². The topological polar surface area (TPSA) is 38.2 Å². The summed E-state index contributed by atoms with van der Waals surface area (Å²) in [5, 5.41) is 0.629. The van der Waals surface area contributed by atoms with Crippen molar-refractivity contribution in [2.24, 2.45) is 0 Å². The van der Waals surface area contributed by atoms with Crippen LogP contribution in [0.3, 0.4) is 0 Å². The normalized spacial score (nSPS) is 17.2. The third-order valence-electron chi connectivity index (χ3n) is 4.70. The lowest BCUT2D eigenvalue weighted by Gasteiger charge is -2.21. The number of nitrogens with zero attached hydrogens (tertiary/aromatic N) is 3. The van der Waals surface area contributed by atoms with E-state index in [1.165, 1.54) is 0 Å². The van der Waals surface area contributed by atoms with Gasteiger partial charge in [0.2, 0.25) is 0 Å². The summed E-state index contributed by atoms with van der Waals surface area (Å²) in [6.45, 7) is 3.85. The first-order valence-corrected chi connectivity index (χ1v) is 8.62. The number of aromatic nitrogens is 2. The Morgan fingerprint density at radius 2 is 2.00 bits per heavy atom. The summed E-state index contributed by atoms with van der Waals surface area (Å²) in [4.78, 5) is 10.3. The molecule has 1 aromatic carbocycles. The number of hydrogen-bond donors (Lipinski definition) is 0. The van der Waals surface area contributed by atoms with Gasteiger partial charge in [0.15, 0.2) is 11.6 Å². The summed E-state index contributed by atoms with van der Waals surface area (Å²) in [5.74, 6) is -1.77. The lowest BCUT2D eigenvalue weighted by molar-refractivity contribution is 0.0553. The lowest BCUT2D eigenvalue weighted by atomic mass is 10.1. The van der Waals surface area contributed by atoms with Crippen LogP contribution in [-0.4, -0.2) is 29.2 Å². The number of aryl methyl sites for hydroxylation is 1. The fraction of sp³-hybridized carbons (Fsp3) is 0.300.